The van der Waals surface area contributed by atoms with E-state index in [9.17, 15) is 24.3 Å². The number of cyclic esters (lactones) is 2. The summed E-state index contributed by atoms with van der Waals surface area (Å²) in [6.07, 6.45) is -1.15. The number of aliphatic hydroxyl groups is 1. The van der Waals surface area contributed by atoms with Crippen molar-refractivity contribution in [3.8, 4) is 0 Å². The number of thiazole rings is 1. The monoisotopic (exact) mass is 678 g/mol. The molecule has 43 heavy (non-hydrogen) atoms. The standard InChI is InChI=1S/C28H40Cl2N4O7S2/c1-14(2)19-22-33-16(13-42-22)24(37)40-17(9-8-10-28(7,29)30)26(3,4)25(38)41-20(27(5,6)39)23-32-15(12-43-23)21(36)31-11-18(35)34-19/h13-15,17,19-20,39H,8-12H2,1-7H3,(H,31,36)(H,34,35)/t15?,17?,19-,20?/m0/s1. The lowest BCUT2D eigenvalue weighted by Gasteiger charge is -2.36. The third kappa shape index (κ3) is 9.53. The summed E-state index contributed by atoms with van der Waals surface area (Å²) in [6, 6.07) is -1.37. The van der Waals surface area contributed by atoms with Crippen LogP contribution in [0.1, 0.15) is 89.3 Å². The molecule has 0 aromatic carbocycles. The molecule has 1 aromatic rings. The predicted molar refractivity (Wildman–Crippen MR) is 168 cm³/mol. The smallest absolute Gasteiger partial charge is 0.358 e. The van der Waals surface area contributed by atoms with Gasteiger partial charge >= 0.3 is 11.9 Å². The van der Waals surface area contributed by atoms with Crippen molar-refractivity contribution < 1.29 is 33.8 Å². The van der Waals surface area contributed by atoms with Crippen molar-refractivity contribution in [2.75, 3.05) is 12.3 Å². The highest BCUT2D eigenvalue weighted by Crippen LogP contribution is 2.36. The highest BCUT2D eigenvalue weighted by Gasteiger charge is 2.46. The first kappa shape index (κ1) is 35.5. The molecule has 0 radical (unpaired) electrons. The zero-order valence-electron chi connectivity index (χ0n) is 25.4. The van der Waals surface area contributed by atoms with Crippen LogP contribution in [-0.2, 0) is 23.9 Å². The number of hydrogen-bond donors (Lipinski definition) is 3. The van der Waals surface area contributed by atoms with Crippen LogP contribution in [0.4, 0.5) is 0 Å². The van der Waals surface area contributed by atoms with Gasteiger partial charge in [0.1, 0.15) is 32.1 Å². The summed E-state index contributed by atoms with van der Waals surface area (Å²) in [5.41, 5.74) is -2.92. The zero-order valence-corrected chi connectivity index (χ0v) is 28.5. The normalized spacial score (nSPS) is 26.0. The third-order valence-electron chi connectivity index (χ3n) is 7.13. The number of halogens is 2. The van der Waals surface area contributed by atoms with E-state index in [1.165, 1.54) is 42.3 Å². The lowest BCUT2D eigenvalue weighted by Crippen LogP contribution is -2.49. The van der Waals surface area contributed by atoms with Crippen LogP contribution >= 0.6 is 46.3 Å². The predicted octanol–water partition coefficient (Wildman–Crippen LogP) is 4.20. The van der Waals surface area contributed by atoms with E-state index < -0.39 is 63.4 Å². The first-order valence-corrected chi connectivity index (χ1v) is 16.7. The fourth-order valence-electron chi connectivity index (χ4n) is 4.46. The maximum absolute atomic E-state index is 13.7. The van der Waals surface area contributed by atoms with Gasteiger partial charge in [0, 0.05) is 11.1 Å². The van der Waals surface area contributed by atoms with E-state index in [1.807, 2.05) is 13.8 Å². The fraction of sp³-hybridized carbons (Fsp3) is 0.714. The Morgan fingerprint density at radius 2 is 1.84 bits per heavy atom. The van der Waals surface area contributed by atoms with Gasteiger partial charge in [0.05, 0.1) is 18.0 Å². The second-order valence-corrected chi connectivity index (χ2v) is 16.2. The molecule has 0 saturated heterocycles. The van der Waals surface area contributed by atoms with Gasteiger partial charge in [-0.05, 0) is 59.8 Å². The zero-order chi connectivity index (χ0) is 32.3. The summed E-state index contributed by atoms with van der Waals surface area (Å²) in [6.45, 7) is 11.3. The number of rotatable bonds is 6. The summed E-state index contributed by atoms with van der Waals surface area (Å²) in [7, 11) is 0. The molecule has 4 bridgehead atoms. The van der Waals surface area contributed by atoms with Gasteiger partial charge in [-0.15, -0.1) is 46.3 Å². The van der Waals surface area contributed by atoms with Crippen molar-refractivity contribution in [3.63, 3.8) is 0 Å². The van der Waals surface area contributed by atoms with Gasteiger partial charge in [0.2, 0.25) is 11.8 Å². The number of alkyl halides is 2. The molecular weight excluding hydrogens is 639 g/mol. The number of ether oxygens (including phenoxy) is 2. The fourth-order valence-corrected chi connectivity index (χ4v) is 6.98. The van der Waals surface area contributed by atoms with Crippen LogP contribution < -0.4 is 10.6 Å². The Bertz CT molecular complexity index is 1240. The van der Waals surface area contributed by atoms with Gasteiger partial charge in [-0.3, -0.25) is 19.4 Å². The number of carbonyl (C=O) groups excluding carboxylic acids is 4. The number of thioether (sulfide) groups is 1. The molecule has 3 rings (SSSR count). The number of amides is 2. The molecule has 4 atom stereocenters. The van der Waals surface area contributed by atoms with Gasteiger partial charge in [0.25, 0.3) is 0 Å². The molecule has 240 valence electrons. The van der Waals surface area contributed by atoms with Crippen LogP contribution in [0.5, 0.6) is 0 Å². The number of esters is 2. The van der Waals surface area contributed by atoms with Crippen molar-refractivity contribution >= 4 is 75.1 Å². The summed E-state index contributed by atoms with van der Waals surface area (Å²) < 4.78 is 10.8. The van der Waals surface area contributed by atoms with E-state index in [0.29, 0.717) is 17.8 Å². The summed E-state index contributed by atoms with van der Waals surface area (Å²) in [5, 5.41) is 18.7. The third-order valence-corrected chi connectivity index (χ3v) is 9.53. The topological polar surface area (TPSA) is 156 Å². The van der Waals surface area contributed by atoms with Crippen molar-refractivity contribution in [2.24, 2.45) is 16.3 Å². The maximum atomic E-state index is 13.7. The Morgan fingerprint density at radius 3 is 2.44 bits per heavy atom. The van der Waals surface area contributed by atoms with E-state index in [4.69, 9.17) is 32.7 Å². The Labute approximate surface area is 270 Å². The molecule has 2 aliphatic heterocycles. The quantitative estimate of drug-likeness (QED) is 0.296. The van der Waals surface area contributed by atoms with Gasteiger partial charge in [-0.25, -0.2) is 9.78 Å². The highest BCUT2D eigenvalue weighted by molar-refractivity contribution is 8.14. The lowest BCUT2D eigenvalue weighted by molar-refractivity contribution is -0.171. The minimum absolute atomic E-state index is 0.0252. The second-order valence-electron chi connectivity index (χ2n) is 12.4. The number of carbonyl (C=O) groups is 4. The first-order chi connectivity index (χ1) is 19.8. The average molecular weight is 680 g/mol. The van der Waals surface area contributed by atoms with Gasteiger partial charge in [0.15, 0.2) is 11.8 Å². The average Bonchev–Trinajstić information content (AvgIpc) is 3.56. The van der Waals surface area contributed by atoms with Crippen LogP contribution in [0, 0.1) is 11.3 Å². The molecule has 0 fully saturated rings. The molecule has 2 amide bonds. The van der Waals surface area contributed by atoms with Gasteiger partial charge < -0.3 is 25.2 Å². The summed E-state index contributed by atoms with van der Waals surface area (Å²) in [4.78, 5) is 61.7. The molecule has 0 saturated carbocycles. The van der Waals surface area contributed by atoms with E-state index >= 15 is 0 Å². The molecule has 2 aliphatic rings. The van der Waals surface area contributed by atoms with Crippen LogP contribution in [0.25, 0.3) is 0 Å². The Hall–Kier alpha value is -1.93. The Kier molecular flexibility index (Phi) is 11.6. The van der Waals surface area contributed by atoms with Crippen molar-refractivity contribution in [1.29, 1.82) is 0 Å². The molecule has 3 heterocycles. The minimum atomic E-state index is -1.56. The molecule has 0 spiro atoms. The van der Waals surface area contributed by atoms with E-state index in [-0.39, 0.29) is 35.4 Å². The minimum Gasteiger partial charge on any atom is -0.456 e. The van der Waals surface area contributed by atoms with Gasteiger partial charge in [-0.1, -0.05) is 13.8 Å². The maximum Gasteiger partial charge on any atom is 0.358 e. The molecular formula is C28H40Cl2N4O7S2. The SMILES string of the molecule is CC(C)[C@@H]1NC(=O)CNC(=O)C2CSC(=N2)C(C(C)(C)O)OC(=O)C(C)(C)C(CCCC(C)(Cl)Cl)OC(=O)c2csc1n2. The van der Waals surface area contributed by atoms with Crippen LogP contribution in [0.2, 0.25) is 0 Å². The van der Waals surface area contributed by atoms with E-state index in [1.54, 1.807) is 20.8 Å². The van der Waals surface area contributed by atoms with Crippen LogP contribution in [-0.4, -0.2) is 79.4 Å². The molecule has 3 N–H and O–H groups in total. The highest BCUT2D eigenvalue weighted by atomic mass is 35.5. The molecule has 3 unspecified atom stereocenters. The van der Waals surface area contributed by atoms with Crippen molar-refractivity contribution in [2.45, 2.75) is 102 Å². The summed E-state index contributed by atoms with van der Waals surface area (Å²) in [5.74, 6) is -2.23. The Morgan fingerprint density at radius 1 is 1.16 bits per heavy atom. The Balaban J connectivity index is 2.03. The summed E-state index contributed by atoms with van der Waals surface area (Å²) >= 11 is 14.7. The number of hydrogen-bond acceptors (Lipinski definition) is 11. The number of aliphatic imine (C=N–C) groups is 1. The number of aromatic nitrogens is 1. The van der Waals surface area contributed by atoms with E-state index in [0.717, 1.165) is 0 Å². The van der Waals surface area contributed by atoms with Crippen molar-refractivity contribution in [1.82, 2.24) is 15.6 Å². The second kappa shape index (κ2) is 14.0. The molecule has 1 aromatic heterocycles. The van der Waals surface area contributed by atoms with Crippen molar-refractivity contribution in [3.05, 3.63) is 16.1 Å². The van der Waals surface area contributed by atoms with Crippen LogP contribution in [0.15, 0.2) is 10.4 Å². The largest absolute Gasteiger partial charge is 0.456 e. The molecule has 15 heteroatoms. The van der Waals surface area contributed by atoms with Gasteiger partial charge in [-0.2, -0.15) is 0 Å². The molecule has 11 nitrogen and oxygen atoms in total. The number of nitrogens with zero attached hydrogens (tertiary/aromatic N) is 2. The lowest BCUT2D eigenvalue weighted by atomic mass is 9.83. The van der Waals surface area contributed by atoms with E-state index in [2.05, 4.69) is 20.6 Å². The van der Waals surface area contributed by atoms with Crippen LogP contribution in [0.3, 0.4) is 0 Å². The molecule has 0 aliphatic carbocycles. The number of fused-ring (bicyclic) bond motifs is 3. The number of nitrogens with one attached hydrogen (secondary N) is 2. The first-order valence-electron chi connectivity index (χ1n) is 14.0.